The number of carbonyl (C=O) groups excluding carboxylic acids is 1. The second-order valence-electron chi connectivity index (χ2n) is 2.91. The van der Waals surface area contributed by atoms with Crippen LogP contribution in [0.3, 0.4) is 0 Å². The fraction of sp³-hybridized carbons (Fsp3) is 0.300. The van der Waals surface area contributed by atoms with Gasteiger partial charge in [-0.2, -0.15) is 0 Å². The lowest BCUT2D eigenvalue weighted by Crippen LogP contribution is -2.03. The van der Waals surface area contributed by atoms with Crippen molar-refractivity contribution in [2.75, 3.05) is 7.11 Å². The molecule has 0 bridgehead atoms. The van der Waals surface area contributed by atoms with E-state index in [0.29, 0.717) is 11.1 Å². The smallest absolute Gasteiger partial charge is 0.339 e. The largest absolute Gasteiger partial charge is 0.465 e. The summed E-state index contributed by atoms with van der Waals surface area (Å²) in [6.07, 6.45) is -0.598. The number of esters is 1. The summed E-state index contributed by atoms with van der Waals surface area (Å²) in [4.78, 5) is 11.1. The van der Waals surface area contributed by atoms with E-state index in [4.69, 9.17) is 11.6 Å². The molecule has 4 heteroatoms. The highest BCUT2D eigenvalue weighted by molar-refractivity contribution is 6.33. The molecule has 76 valence electrons. The molecule has 1 N–H and O–H groups in total. The van der Waals surface area contributed by atoms with Crippen molar-refractivity contribution in [2.24, 2.45) is 0 Å². The number of carbonyl (C=O) groups is 1. The molecule has 1 aromatic carbocycles. The summed E-state index contributed by atoms with van der Waals surface area (Å²) in [5, 5.41) is 9.55. The highest BCUT2D eigenvalue weighted by atomic mass is 35.5. The van der Waals surface area contributed by atoms with Crippen molar-refractivity contribution in [3.63, 3.8) is 0 Å². The van der Waals surface area contributed by atoms with Crippen LogP contribution in [0.15, 0.2) is 18.2 Å². The average molecular weight is 215 g/mol. The molecule has 0 heterocycles. The van der Waals surface area contributed by atoms with Crippen LogP contribution in [-0.4, -0.2) is 18.2 Å². The number of ether oxygens (including phenoxy) is 1. The van der Waals surface area contributed by atoms with Crippen LogP contribution in [0.4, 0.5) is 0 Å². The Morgan fingerprint density at radius 3 is 2.64 bits per heavy atom. The SMILES string of the molecule is COC(=O)c1ccc([C@@H](C)O)cc1Cl. The molecule has 0 aliphatic heterocycles. The molecule has 0 fully saturated rings. The van der Waals surface area contributed by atoms with Crippen molar-refractivity contribution in [1.29, 1.82) is 0 Å². The molecule has 1 rings (SSSR count). The van der Waals surface area contributed by atoms with E-state index in [1.54, 1.807) is 19.1 Å². The first-order valence-corrected chi connectivity index (χ1v) is 4.50. The number of hydrogen-bond acceptors (Lipinski definition) is 3. The van der Waals surface area contributed by atoms with Gasteiger partial charge in [-0.1, -0.05) is 17.7 Å². The maximum atomic E-state index is 11.1. The number of aliphatic hydroxyl groups excluding tert-OH is 1. The quantitative estimate of drug-likeness (QED) is 0.768. The number of hydrogen-bond donors (Lipinski definition) is 1. The topological polar surface area (TPSA) is 46.5 Å². The molecule has 1 atom stereocenters. The third kappa shape index (κ3) is 2.25. The Balaban J connectivity index is 3.07. The summed E-state index contributed by atoms with van der Waals surface area (Å²) in [7, 11) is 1.29. The van der Waals surface area contributed by atoms with Gasteiger partial charge in [-0.3, -0.25) is 0 Å². The standard InChI is InChI=1S/C10H11ClO3/c1-6(12)7-3-4-8(9(11)5-7)10(13)14-2/h3-6,12H,1-2H3/t6-/m1/s1. The van der Waals surface area contributed by atoms with E-state index in [1.807, 2.05) is 0 Å². The van der Waals surface area contributed by atoms with Crippen molar-refractivity contribution < 1.29 is 14.6 Å². The van der Waals surface area contributed by atoms with E-state index in [1.165, 1.54) is 13.2 Å². The van der Waals surface area contributed by atoms with Crippen molar-refractivity contribution in [2.45, 2.75) is 13.0 Å². The monoisotopic (exact) mass is 214 g/mol. The van der Waals surface area contributed by atoms with Crippen molar-refractivity contribution in [3.8, 4) is 0 Å². The summed E-state index contributed by atoms with van der Waals surface area (Å²) in [5.74, 6) is -0.479. The van der Waals surface area contributed by atoms with Gasteiger partial charge in [-0.05, 0) is 24.6 Å². The molecule has 0 aliphatic carbocycles. The Morgan fingerprint density at radius 1 is 1.57 bits per heavy atom. The number of rotatable bonds is 2. The van der Waals surface area contributed by atoms with E-state index >= 15 is 0 Å². The first-order valence-electron chi connectivity index (χ1n) is 4.12. The normalized spacial score (nSPS) is 12.3. The lowest BCUT2D eigenvalue weighted by atomic mass is 10.1. The summed E-state index contributed by atoms with van der Waals surface area (Å²) < 4.78 is 4.53. The molecule has 0 aromatic heterocycles. The number of aliphatic hydroxyl groups is 1. The Labute approximate surface area is 87.3 Å². The molecule has 3 nitrogen and oxygen atoms in total. The van der Waals surface area contributed by atoms with Gasteiger partial charge in [0.2, 0.25) is 0 Å². The maximum absolute atomic E-state index is 11.1. The zero-order chi connectivity index (χ0) is 10.7. The van der Waals surface area contributed by atoms with Crippen LogP contribution in [0.5, 0.6) is 0 Å². The summed E-state index contributed by atoms with van der Waals surface area (Å²) >= 11 is 5.84. The van der Waals surface area contributed by atoms with Crippen LogP contribution < -0.4 is 0 Å². The predicted octanol–water partition coefficient (Wildman–Crippen LogP) is 2.18. The van der Waals surface area contributed by atoms with Crippen LogP contribution in [0, 0.1) is 0 Å². The van der Waals surface area contributed by atoms with Crippen molar-refractivity contribution >= 4 is 17.6 Å². The van der Waals surface area contributed by atoms with E-state index in [2.05, 4.69) is 4.74 Å². The van der Waals surface area contributed by atoms with Gasteiger partial charge in [-0.15, -0.1) is 0 Å². The van der Waals surface area contributed by atoms with Gasteiger partial charge >= 0.3 is 5.97 Å². The molecule has 0 radical (unpaired) electrons. The van der Waals surface area contributed by atoms with Crippen molar-refractivity contribution in [3.05, 3.63) is 34.3 Å². The zero-order valence-corrected chi connectivity index (χ0v) is 8.71. The first kappa shape index (κ1) is 11.0. The zero-order valence-electron chi connectivity index (χ0n) is 7.95. The lowest BCUT2D eigenvalue weighted by molar-refractivity contribution is 0.0600. The van der Waals surface area contributed by atoms with Crippen LogP contribution in [0.25, 0.3) is 0 Å². The minimum atomic E-state index is -0.598. The molecule has 0 spiro atoms. The highest BCUT2D eigenvalue weighted by Gasteiger charge is 2.11. The molecule has 0 amide bonds. The molecule has 0 aliphatic rings. The summed E-state index contributed by atoms with van der Waals surface area (Å²) in [6, 6.07) is 4.73. The third-order valence-electron chi connectivity index (χ3n) is 1.88. The van der Waals surface area contributed by atoms with Gasteiger partial charge in [0.25, 0.3) is 0 Å². The van der Waals surface area contributed by atoms with E-state index in [9.17, 15) is 9.90 Å². The van der Waals surface area contributed by atoms with E-state index in [-0.39, 0.29) is 5.02 Å². The molecular formula is C10H11ClO3. The molecule has 1 aromatic rings. The van der Waals surface area contributed by atoms with Crippen LogP contribution in [0.1, 0.15) is 28.9 Å². The van der Waals surface area contributed by atoms with Gasteiger partial charge in [0.15, 0.2) is 0 Å². The second kappa shape index (κ2) is 4.44. The molecule has 0 unspecified atom stereocenters. The number of benzene rings is 1. The molecule has 0 saturated carbocycles. The van der Waals surface area contributed by atoms with Gasteiger partial charge in [0.1, 0.15) is 0 Å². The highest BCUT2D eigenvalue weighted by Crippen LogP contribution is 2.22. The first-order chi connectivity index (χ1) is 6.56. The average Bonchev–Trinajstić information content (AvgIpc) is 2.16. The number of halogens is 1. The van der Waals surface area contributed by atoms with E-state index in [0.717, 1.165) is 0 Å². The lowest BCUT2D eigenvalue weighted by Gasteiger charge is -2.07. The Hall–Kier alpha value is -1.06. The summed E-state index contributed by atoms with van der Waals surface area (Å²) in [6.45, 7) is 1.63. The fourth-order valence-corrected chi connectivity index (χ4v) is 1.33. The number of methoxy groups -OCH3 is 1. The van der Waals surface area contributed by atoms with Crippen LogP contribution in [-0.2, 0) is 4.74 Å². The molecular weight excluding hydrogens is 204 g/mol. The maximum Gasteiger partial charge on any atom is 0.339 e. The van der Waals surface area contributed by atoms with Gasteiger partial charge in [-0.25, -0.2) is 4.79 Å². The second-order valence-corrected chi connectivity index (χ2v) is 3.31. The van der Waals surface area contributed by atoms with Gasteiger partial charge in [0, 0.05) is 0 Å². The van der Waals surface area contributed by atoms with Gasteiger partial charge in [0.05, 0.1) is 23.8 Å². The predicted molar refractivity (Wildman–Crippen MR) is 53.4 cm³/mol. The Kier molecular flexibility index (Phi) is 3.49. The third-order valence-corrected chi connectivity index (χ3v) is 2.19. The molecule has 14 heavy (non-hydrogen) atoms. The van der Waals surface area contributed by atoms with Crippen LogP contribution in [0.2, 0.25) is 5.02 Å². The Morgan fingerprint density at radius 2 is 2.21 bits per heavy atom. The van der Waals surface area contributed by atoms with Gasteiger partial charge < -0.3 is 9.84 Å². The van der Waals surface area contributed by atoms with E-state index < -0.39 is 12.1 Å². The minimum Gasteiger partial charge on any atom is -0.465 e. The molecule has 0 saturated heterocycles. The fourth-order valence-electron chi connectivity index (χ4n) is 1.07. The van der Waals surface area contributed by atoms with Crippen molar-refractivity contribution in [1.82, 2.24) is 0 Å². The van der Waals surface area contributed by atoms with Crippen LogP contribution >= 0.6 is 11.6 Å². The summed E-state index contributed by atoms with van der Waals surface area (Å²) in [5.41, 5.74) is 0.973. The minimum absolute atomic E-state index is 0.287. The Bertz CT molecular complexity index is 347.